The summed E-state index contributed by atoms with van der Waals surface area (Å²) in [7, 11) is 0. The molecule has 0 saturated heterocycles. The Labute approximate surface area is 125 Å². The van der Waals surface area contributed by atoms with Gasteiger partial charge in [0, 0.05) is 10.7 Å². The topological polar surface area (TPSA) is 55.1 Å². The molecule has 0 aliphatic carbocycles. The van der Waals surface area contributed by atoms with Crippen molar-refractivity contribution in [3.05, 3.63) is 59.9 Å². The Morgan fingerprint density at radius 2 is 1.81 bits per heavy atom. The molecule has 0 atom stereocenters. The van der Waals surface area contributed by atoms with Gasteiger partial charge in [-0.25, -0.2) is 4.98 Å². The normalized spacial score (nSPS) is 11.1. The Morgan fingerprint density at radius 1 is 1.00 bits per heavy atom. The summed E-state index contributed by atoms with van der Waals surface area (Å²) in [5.41, 5.74) is 3.43. The molecule has 0 aliphatic heterocycles. The lowest BCUT2D eigenvalue weighted by molar-refractivity contribution is 1.11. The van der Waals surface area contributed by atoms with Crippen LogP contribution in [0.3, 0.4) is 0 Å². The van der Waals surface area contributed by atoms with Crippen molar-refractivity contribution in [2.24, 2.45) is 0 Å². The molecule has 4 aromatic rings. The van der Waals surface area contributed by atoms with Gasteiger partial charge in [-0.1, -0.05) is 23.7 Å². The number of halogens is 1. The lowest BCUT2D eigenvalue weighted by Gasteiger charge is -2.09. The Hall–Kier alpha value is -2.66. The number of benzene rings is 2. The maximum absolute atomic E-state index is 5.90. The zero-order chi connectivity index (χ0) is 14.2. The third-order valence-electron chi connectivity index (χ3n) is 3.24. The van der Waals surface area contributed by atoms with Crippen LogP contribution in [0.15, 0.2) is 54.9 Å². The van der Waals surface area contributed by atoms with E-state index in [0.29, 0.717) is 16.5 Å². The number of nitrogens with one attached hydrogen (secondary N) is 1. The van der Waals surface area contributed by atoms with Crippen LogP contribution in [0.1, 0.15) is 0 Å². The van der Waals surface area contributed by atoms with Crippen molar-refractivity contribution < 1.29 is 0 Å². The fraction of sp³-hybridized carbons (Fsp3) is 0. The molecule has 0 saturated carbocycles. The fourth-order valence-electron chi connectivity index (χ4n) is 2.26. The minimum absolute atomic E-state index is 0.661. The third kappa shape index (κ3) is 2.08. The molecule has 2 aromatic carbocycles. The van der Waals surface area contributed by atoms with Crippen LogP contribution in [0.2, 0.25) is 5.02 Å². The van der Waals surface area contributed by atoms with E-state index >= 15 is 0 Å². The van der Waals surface area contributed by atoms with Gasteiger partial charge in [-0.05, 0) is 36.4 Å². The Balaban J connectivity index is 1.90. The summed E-state index contributed by atoms with van der Waals surface area (Å²) >= 11 is 5.90. The summed E-state index contributed by atoms with van der Waals surface area (Å²) < 4.78 is 1.92. The largest absolute Gasteiger partial charge is 0.337 e. The Morgan fingerprint density at radius 3 is 2.67 bits per heavy atom. The van der Waals surface area contributed by atoms with E-state index in [0.717, 1.165) is 16.7 Å². The molecule has 2 aromatic heterocycles. The van der Waals surface area contributed by atoms with Gasteiger partial charge in [0.2, 0.25) is 5.65 Å². The smallest absolute Gasteiger partial charge is 0.204 e. The van der Waals surface area contributed by atoms with Crippen LogP contribution in [0.25, 0.3) is 16.7 Å². The Bertz CT molecular complexity index is 930. The van der Waals surface area contributed by atoms with Gasteiger partial charge in [0.15, 0.2) is 5.82 Å². The third-order valence-corrected chi connectivity index (χ3v) is 3.49. The van der Waals surface area contributed by atoms with E-state index in [1.807, 2.05) is 52.9 Å². The highest BCUT2D eigenvalue weighted by Crippen LogP contribution is 2.23. The quantitative estimate of drug-likeness (QED) is 0.613. The molecule has 4 rings (SSSR count). The maximum Gasteiger partial charge on any atom is 0.204 e. The van der Waals surface area contributed by atoms with E-state index in [1.165, 1.54) is 0 Å². The Kier molecular flexibility index (Phi) is 2.72. The second-order valence-corrected chi connectivity index (χ2v) is 5.04. The number of hydrogen-bond acceptors (Lipinski definition) is 4. The molecule has 0 bridgehead atoms. The zero-order valence-electron chi connectivity index (χ0n) is 10.9. The van der Waals surface area contributed by atoms with Gasteiger partial charge in [-0.15, -0.1) is 10.2 Å². The highest BCUT2D eigenvalue weighted by molar-refractivity contribution is 6.30. The van der Waals surface area contributed by atoms with Crippen molar-refractivity contribution in [3.8, 4) is 0 Å². The minimum Gasteiger partial charge on any atom is -0.337 e. The van der Waals surface area contributed by atoms with Gasteiger partial charge < -0.3 is 5.32 Å². The summed E-state index contributed by atoms with van der Waals surface area (Å²) in [5.74, 6) is 0.661. The lowest BCUT2D eigenvalue weighted by atomic mass is 10.3. The van der Waals surface area contributed by atoms with Crippen LogP contribution in [0.5, 0.6) is 0 Å². The van der Waals surface area contributed by atoms with Crippen LogP contribution in [-0.2, 0) is 0 Å². The summed E-state index contributed by atoms with van der Waals surface area (Å²) in [5, 5.41) is 12.1. The molecule has 0 fully saturated rings. The van der Waals surface area contributed by atoms with Crippen molar-refractivity contribution >= 4 is 39.8 Å². The van der Waals surface area contributed by atoms with E-state index < -0.39 is 0 Å². The van der Waals surface area contributed by atoms with E-state index in [-0.39, 0.29) is 0 Å². The number of aromatic nitrogens is 4. The molecule has 5 nitrogen and oxygen atoms in total. The number of fused-ring (bicyclic) bond motifs is 3. The molecule has 0 amide bonds. The monoisotopic (exact) mass is 295 g/mol. The van der Waals surface area contributed by atoms with Gasteiger partial charge in [0.1, 0.15) is 6.33 Å². The second kappa shape index (κ2) is 4.71. The number of para-hydroxylation sites is 2. The fourth-order valence-corrected chi connectivity index (χ4v) is 2.39. The predicted octanol–water partition coefficient (Wildman–Crippen LogP) is 3.67. The predicted molar refractivity (Wildman–Crippen MR) is 83.0 cm³/mol. The first-order valence-corrected chi connectivity index (χ1v) is 6.80. The molecule has 6 heteroatoms. The molecule has 1 N–H and O–H groups in total. The number of rotatable bonds is 2. The second-order valence-electron chi connectivity index (χ2n) is 4.61. The number of anilines is 2. The highest BCUT2D eigenvalue weighted by atomic mass is 35.5. The van der Waals surface area contributed by atoms with Crippen LogP contribution in [0, 0.1) is 0 Å². The van der Waals surface area contributed by atoms with Crippen LogP contribution >= 0.6 is 11.6 Å². The molecule has 0 spiro atoms. The molecular weight excluding hydrogens is 286 g/mol. The van der Waals surface area contributed by atoms with Crippen LogP contribution < -0.4 is 5.32 Å². The molecule has 0 aliphatic rings. The summed E-state index contributed by atoms with van der Waals surface area (Å²) in [6.07, 6.45) is 1.69. The summed E-state index contributed by atoms with van der Waals surface area (Å²) in [6, 6.07) is 15.3. The van der Waals surface area contributed by atoms with Gasteiger partial charge in [0.05, 0.1) is 11.0 Å². The standard InChI is InChI=1S/C15H10ClN5/c16-10-5-7-11(8-6-10)18-14-15-20-17-9-21(15)13-4-2-1-3-12(13)19-14/h1-9H,(H,18,19). The first kappa shape index (κ1) is 12.1. The van der Waals surface area contributed by atoms with Gasteiger partial charge in [-0.3, -0.25) is 4.40 Å². The summed E-state index contributed by atoms with van der Waals surface area (Å²) in [6.45, 7) is 0. The molecule has 2 heterocycles. The summed E-state index contributed by atoms with van der Waals surface area (Å²) in [4.78, 5) is 4.63. The molecule has 0 unspecified atom stereocenters. The number of nitrogens with zero attached hydrogens (tertiary/aromatic N) is 4. The van der Waals surface area contributed by atoms with Crippen LogP contribution in [-0.4, -0.2) is 19.6 Å². The molecule has 102 valence electrons. The van der Waals surface area contributed by atoms with Crippen LogP contribution in [0.4, 0.5) is 11.5 Å². The first-order valence-electron chi connectivity index (χ1n) is 6.42. The molecular formula is C15H10ClN5. The van der Waals surface area contributed by atoms with Crippen molar-refractivity contribution in [3.63, 3.8) is 0 Å². The first-order chi connectivity index (χ1) is 10.3. The lowest BCUT2D eigenvalue weighted by Crippen LogP contribution is -1.99. The SMILES string of the molecule is Clc1ccc(Nc2nc3ccccc3n3cnnc23)cc1. The van der Waals surface area contributed by atoms with E-state index in [1.54, 1.807) is 6.33 Å². The highest BCUT2D eigenvalue weighted by Gasteiger charge is 2.10. The van der Waals surface area contributed by atoms with Crippen molar-refractivity contribution in [1.82, 2.24) is 19.6 Å². The minimum atomic E-state index is 0.661. The number of hydrogen-bond donors (Lipinski definition) is 1. The molecule has 21 heavy (non-hydrogen) atoms. The van der Waals surface area contributed by atoms with Gasteiger partial charge in [-0.2, -0.15) is 0 Å². The van der Waals surface area contributed by atoms with E-state index in [9.17, 15) is 0 Å². The van der Waals surface area contributed by atoms with Gasteiger partial charge >= 0.3 is 0 Å². The van der Waals surface area contributed by atoms with Crippen molar-refractivity contribution in [2.45, 2.75) is 0 Å². The maximum atomic E-state index is 5.90. The average Bonchev–Trinajstić information content (AvgIpc) is 3.00. The van der Waals surface area contributed by atoms with Crippen molar-refractivity contribution in [2.75, 3.05) is 5.32 Å². The van der Waals surface area contributed by atoms with E-state index in [2.05, 4.69) is 20.5 Å². The van der Waals surface area contributed by atoms with E-state index in [4.69, 9.17) is 11.6 Å². The zero-order valence-corrected chi connectivity index (χ0v) is 11.6. The van der Waals surface area contributed by atoms with Crippen molar-refractivity contribution in [1.29, 1.82) is 0 Å². The average molecular weight is 296 g/mol. The molecule has 0 radical (unpaired) electrons. The van der Waals surface area contributed by atoms with Gasteiger partial charge in [0.25, 0.3) is 0 Å².